The average molecular weight is 2130 g/mol. The van der Waals surface area contributed by atoms with Crippen molar-refractivity contribution in [1.82, 2.24) is 60.0 Å². The van der Waals surface area contributed by atoms with E-state index in [2.05, 4.69) is 41.2 Å². The van der Waals surface area contributed by atoms with E-state index in [1.165, 1.54) is 43.5 Å². The number of carbonyl (C=O) groups excluding carboxylic acids is 16. The van der Waals surface area contributed by atoms with Crippen LogP contribution in [0.5, 0.6) is 0 Å². The van der Waals surface area contributed by atoms with Gasteiger partial charge in [0, 0.05) is 111 Å². The van der Waals surface area contributed by atoms with Crippen molar-refractivity contribution < 1.29 is 228 Å². The Hall–Kier alpha value is -12.6. The monoisotopic (exact) mass is 2130 g/mol. The summed E-state index contributed by atoms with van der Waals surface area (Å²) >= 11 is 0. The zero-order valence-electron chi connectivity index (χ0n) is 85.1. The Morgan fingerprint density at radius 1 is 0.228 bits per heavy atom. The molecule has 0 aromatic carbocycles. The average Bonchev–Trinajstić information content (AvgIpc) is 1.79. The second-order valence-corrected chi connectivity index (χ2v) is 33.6. The van der Waals surface area contributed by atoms with Gasteiger partial charge in [-0.2, -0.15) is 0 Å². The fraction of sp³-hybridized carbons (Fsp3) is 0.730. The second kappa shape index (κ2) is 62.8. The summed E-state index contributed by atoms with van der Waals surface area (Å²) in [5, 5.41) is 33.4. The zero-order chi connectivity index (χ0) is 109. The van der Waals surface area contributed by atoms with Crippen LogP contribution in [0.2, 0.25) is 0 Å². The minimum Gasteiger partial charge on any atom is -0.463 e. The molecule has 20 atom stereocenters. The van der Waals surface area contributed by atoms with Gasteiger partial charge in [-0.25, -0.2) is 18.7 Å². The van der Waals surface area contributed by atoms with Crippen molar-refractivity contribution in [3.05, 3.63) is 47.6 Å². The highest BCUT2D eigenvalue weighted by molar-refractivity contribution is 5.72. The number of aromatic nitrogens is 12. The van der Waals surface area contributed by atoms with E-state index in [4.69, 9.17) is 152 Å². The molecule has 0 bridgehead atoms. The number of esters is 16. The van der Waals surface area contributed by atoms with Crippen LogP contribution < -0.4 is 0 Å². The lowest BCUT2D eigenvalue weighted by Gasteiger charge is -2.43. The molecule has 0 radical (unpaired) electrons. The molecule has 60 heteroatoms. The Labute approximate surface area is 852 Å². The third-order valence-electron chi connectivity index (χ3n) is 20.7. The Morgan fingerprint density at radius 3 is 0.570 bits per heavy atom. The van der Waals surface area contributed by atoms with Crippen LogP contribution in [0.15, 0.2) is 24.8 Å². The molecule has 832 valence electrons. The van der Waals surface area contributed by atoms with Crippen LogP contribution in [0.4, 0.5) is 0 Å². The molecule has 8 heterocycles. The van der Waals surface area contributed by atoms with Crippen molar-refractivity contribution in [2.24, 2.45) is 5.41 Å². The number of hydrogen-bond donors (Lipinski definition) is 0. The van der Waals surface area contributed by atoms with E-state index in [1.807, 2.05) is 0 Å². The van der Waals surface area contributed by atoms with E-state index in [9.17, 15) is 76.7 Å². The summed E-state index contributed by atoms with van der Waals surface area (Å²) in [6, 6.07) is 0. The van der Waals surface area contributed by atoms with E-state index in [0.717, 1.165) is 111 Å². The molecule has 4 aliphatic rings. The third kappa shape index (κ3) is 43.5. The van der Waals surface area contributed by atoms with Crippen molar-refractivity contribution in [3.8, 4) is 0 Å². The first-order valence-electron chi connectivity index (χ1n) is 46.9. The summed E-state index contributed by atoms with van der Waals surface area (Å²) in [6.45, 7) is 14.8. The van der Waals surface area contributed by atoms with E-state index in [1.54, 1.807) is 0 Å². The first-order chi connectivity index (χ1) is 71.0. The predicted molar refractivity (Wildman–Crippen MR) is 476 cm³/mol. The van der Waals surface area contributed by atoms with Gasteiger partial charge in [-0.15, -0.1) is 20.4 Å². The van der Waals surface area contributed by atoms with Crippen molar-refractivity contribution in [1.29, 1.82) is 0 Å². The van der Waals surface area contributed by atoms with Gasteiger partial charge in [-0.05, 0) is 0 Å². The van der Waals surface area contributed by atoms with Crippen molar-refractivity contribution in [3.63, 3.8) is 0 Å². The van der Waals surface area contributed by atoms with E-state index in [0.29, 0.717) is 0 Å². The topological polar surface area (TPSA) is 691 Å². The number of nitrogens with zero attached hydrogens (tertiary/aromatic N) is 12. The van der Waals surface area contributed by atoms with Crippen molar-refractivity contribution in [2.75, 3.05) is 132 Å². The quantitative estimate of drug-likeness (QED) is 0.0254. The predicted octanol–water partition coefficient (Wildman–Crippen LogP) is -2.33. The molecular weight excluding hydrogens is 2010 g/mol. The molecule has 0 amide bonds. The zero-order valence-corrected chi connectivity index (χ0v) is 85.1. The minimum absolute atomic E-state index is 0.00639. The highest BCUT2D eigenvalue weighted by Crippen LogP contribution is 2.36. The Bertz CT molecular complexity index is 4380. The first-order valence-corrected chi connectivity index (χ1v) is 46.9. The standard InChI is InChI=1S/C89H128N12O48/c1-49(102)126-41-69-73(134-53(5)106)77(138-57(9)110)81(142-61(13)114)85(146-69)130-37-65-33-98(94-90-65)17-21-118-25-29-122-45-89(46-123-30-26-119-22-18-99-34-66(91-95-99)38-131-86-82(143-62(14)115)78(139-58(10)111)74(135-54(6)107)70(147-86)42-127-50(2)103,47-124-31-27-120-23-19-100-35-67(92-96-100)39-132-87-83(144-63(15)116)79(140-59(11)112)75(136-55(7)108)71(148-87)43-128-51(3)104)48-125-32-28-121-24-20-101-36-68(93-97-101)40-133-88-84(145-64(16)117)80(141-60(12)113)76(137-56(8)109)72(149-88)44-129-52(4)105/h33-36,69-88H,17-32,37-48H2,1-16H3/t69-,70-,71-,72-,73-,74-,75-,76-,77+,78+,79+,80+,81-,82-,83+,84+,85-,86-,87+,88+/m1/s1. The summed E-state index contributed by atoms with van der Waals surface area (Å²) in [7, 11) is 0. The summed E-state index contributed by atoms with van der Waals surface area (Å²) in [5.74, 6) is -12.8. The number of hydrogen-bond acceptors (Lipinski definition) is 56. The van der Waals surface area contributed by atoms with Crippen molar-refractivity contribution >= 4 is 95.5 Å². The molecule has 0 unspecified atom stereocenters. The molecule has 8 rings (SSSR count). The molecule has 4 aromatic heterocycles. The molecule has 60 nitrogen and oxygen atoms in total. The highest BCUT2D eigenvalue weighted by atomic mass is 16.8. The van der Waals surface area contributed by atoms with Crippen LogP contribution in [-0.4, -0.2) is 410 Å². The van der Waals surface area contributed by atoms with Crippen molar-refractivity contribution in [2.45, 2.75) is 286 Å². The number of carbonyl (C=O) groups is 16. The minimum atomic E-state index is -1.50. The fourth-order valence-corrected chi connectivity index (χ4v) is 14.9. The number of rotatable bonds is 64. The van der Waals surface area contributed by atoms with Crippen LogP contribution in [0.25, 0.3) is 0 Å². The lowest BCUT2D eigenvalue weighted by atomic mass is 9.92. The molecule has 0 N–H and O–H groups in total. The van der Waals surface area contributed by atoms with Gasteiger partial charge in [0.2, 0.25) is 0 Å². The van der Waals surface area contributed by atoms with Crippen LogP contribution in [0, 0.1) is 5.41 Å². The molecule has 4 aromatic rings. The van der Waals surface area contributed by atoms with Crippen LogP contribution in [0.1, 0.15) is 134 Å². The number of ether oxygens (including phenoxy) is 32. The molecular formula is C89H128N12O48. The second-order valence-electron chi connectivity index (χ2n) is 33.6. The highest BCUT2D eigenvalue weighted by Gasteiger charge is 2.58. The van der Waals surface area contributed by atoms with Gasteiger partial charge in [0.15, 0.2) is 98.4 Å². The molecule has 4 aliphatic heterocycles. The van der Waals surface area contributed by atoms with Gasteiger partial charge in [0.1, 0.15) is 73.6 Å². The first kappa shape index (κ1) is 122. The summed E-state index contributed by atoms with van der Waals surface area (Å²) in [6.07, 6.45) is -22.6. The maximum absolute atomic E-state index is 12.5. The lowest BCUT2D eigenvalue weighted by molar-refractivity contribution is -0.310. The normalized spacial score (nSPS) is 23.6. The largest absolute Gasteiger partial charge is 0.463 e. The third-order valence-corrected chi connectivity index (χ3v) is 20.7. The molecule has 149 heavy (non-hydrogen) atoms. The summed E-state index contributed by atoms with van der Waals surface area (Å²) < 4.78 is 190. The van der Waals surface area contributed by atoms with E-state index < -0.39 is 250 Å². The lowest BCUT2D eigenvalue weighted by Crippen LogP contribution is -2.62. The molecule has 0 saturated carbocycles. The maximum Gasteiger partial charge on any atom is 0.303 e. The fourth-order valence-electron chi connectivity index (χ4n) is 14.9. The molecule has 4 saturated heterocycles. The molecule has 0 aliphatic carbocycles. The van der Waals surface area contributed by atoms with E-state index in [-0.39, 0.29) is 181 Å². The summed E-state index contributed by atoms with van der Waals surface area (Å²) in [4.78, 5) is 196. The molecule has 4 fully saturated rings. The van der Waals surface area contributed by atoms with Gasteiger partial charge < -0.3 is 152 Å². The van der Waals surface area contributed by atoms with Gasteiger partial charge in [0.05, 0.1) is 189 Å². The Balaban J connectivity index is 0.949. The van der Waals surface area contributed by atoms with Gasteiger partial charge >= 0.3 is 95.5 Å². The smallest absolute Gasteiger partial charge is 0.303 e. The van der Waals surface area contributed by atoms with Gasteiger partial charge in [-0.1, -0.05) is 20.9 Å². The maximum atomic E-state index is 12.5. The van der Waals surface area contributed by atoms with Crippen LogP contribution in [0.3, 0.4) is 0 Å². The Kier molecular flexibility index (Phi) is 51.3. The van der Waals surface area contributed by atoms with Crippen LogP contribution >= 0.6 is 0 Å². The summed E-state index contributed by atoms with van der Waals surface area (Å²) in [5.41, 5.74) is -0.158. The Morgan fingerprint density at radius 2 is 0.396 bits per heavy atom. The van der Waals surface area contributed by atoms with Gasteiger partial charge in [0.25, 0.3) is 0 Å². The van der Waals surface area contributed by atoms with E-state index >= 15 is 0 Å². The molecule has 0 spiro atoms. The van der Waals surface area contributed by atoms with Crippen LogP contribution in [-0.2, 0) is 281 Å². The SMILES string of the molecule is CC(=O)OC[C@H]1O[C@H](OCc2cn(CCOCCOCC(COCCOCCn3cc(CO[C@H]4O[C@H](COC(C)=O)[C@@H](OC(C)=O)[C@H](OC(C)=O)[C@@H]4OC(C)=O)nn3)(COCCOCCn3cc(CO[C@@H]4O[C@H](COC(C)=O)[C@@H](OC(C)=O)[C@H](OC(C)=O)[C@H]4OC(C)=O)nn3)COCCOCCn3cc(CO[C@@H]4O[C@H](COC(C)=O)[C@@H](OC(C)=O)[C@H](OC(C)=O)[C@H]4OC(C)=O)nn3)nn2)[C@@H](OC(C)=O)[C@@H](OC(C)=O)[C@@H]1OC(C)=O. The van der Waals surface area contributed by atoms with Gasteiger partial charge in [-0.3, -0.25) is 76.7 Å².